The van der Waals surface area contributed by atoms with Gasteiger partial charge >= 0.3 is 23.9 Å². The fourth-order valence-electron chi connectivity index (χ4n) is 3.05. The van der Waals surface area contributed by atoms with Crippen molar-refractivity contribution in [3.63, 3.8) is 0 Å². The number of hydrogen-bond acceptors (Lipinski definition) is 11. The number of ether oxygens (including phenoxy) is 5. The summed E-state index contributed by atoms with van der Waals surface area (Å²) in [5.41, 5.74) is 0.168. The molecule has 1 aliphatic rings. The molecule has 1 N–H and O–H groups in total. The Morgan fingerprint density at radius 3 is 2.09 bits per heavy atom. The summed E-state index contributed by atoms with van der Waals surface area (Å²) in [7, 11) is 0. The summed E-state index contributed by atoms with van der Waals surface area (Å²) >= 11 is 0. The van der Waals surface area contributed by atoms with E-state index in [0.717, 1.165) is 27.7 Å². The average Bonchev–Trinajstić information content (AvgIpc) is 2.70. The fraction of sp³-hybridized carbons (Fsp3) is 0.500. The van der Waals surface area contributed by atoms with Gasteiger partial charge in [0.2, 0.25) is 6.29 Å². The first kappa shape index (κ1) is 24.7. The molecule has 12 heteroatoms. The molecule has 0 bridgehead atoms. The molecule has 174 valence electrons. The van der Waals surface area contributed by atoms with Gasteiger partial charge < -0.3 is 29.0 Å². The molecule has 1 amide bonds. The normalized spacial score (nSPS) is 24.6. The predicted molar refractivity (Wildman–Crippen MR) is 104 cm³/mol. The molecule has 0 aliphatic carbocycles. The van der Waals surface area contributed by atoms with Crippen LogP contribution < -0.4 is 5.32 Å². The Morgan fingerprint density at radius 1 is 0.938 bits per heavy atom. The summed E-state index contributed by atoms with van der Waals surface area (Å²) in [6.45, 7) is 4.11. The van der Waals surface area contributed by atoms with Gasteiger partial charge in [-0.05, 0) is 12.1 Å². The Kier molecular flexibility index (Phi) is 8.64. The zero-order valence-electron chi connectivity index (χ0n) is 17.9. The van der Waals surface area contributed by atoms with Gasteiger partial charge in [-0.15, -0.1) is 0 Å². The molecule has 5 atom stereocenters. The van der Waals surface area contributed by atoms with E-state index < -0.39 is 67.0 Å². The lowest BCUT2D eigenvalue weighted by molar-refractivity contribution is -0.270. The van der Waals surface area contributed by atoms with Crippen molar-refractivity contribution in [2.24, 2.45) is 0 Å². The maximum Gasteiger partial charge on any atom is 0.305 e. The van der Waals surface area contributed by atoms with Gasteiger partial charge in [0.05, 0.1) is 5.56 Å². The van der Waals surface area contributed by atoms with Crippen LogP contribution in [0.5, 0.6) is 0 Å². The molecule has 0 saturated carbocycles. The van der Waals surface area contributed by atoms with E-state index in [1.54, 1.807) is 0 Å². The number of nitrogens with one attached hydrogen (secondary N) is 1. The van der Waals surface area contributed by atoms with Crippen molar-refractivity contribution in [2.75, 3.05) is 6.61 Å². The van der Waals surface area contributed by atoms with E-state index in [9.17, 15) is 24.0 Å². The lowest BCUT2D eigenvalue weighted by Crippen LogP contribution is -2.67. The molecule has 1 aliphatic heterocycles. The van der Waals surface area contributed by atoms with E-state index in [4.69, 9.17) is 23.7 Å². The number of aromatic nitrogens is 1. The Hall–Kier alpha value is -3.54. The van der Waals surface area contributed by atoms with Crippen molar-refractivity contribution in [2.45, 2.75) is 58.3 Å². The van der Waals surface area contributed by atoms with Crippen molar-refractivity contribution in [3.8, 4) is 0 Å². The summed E-state index contributed by atoms with van der Waals surface area (Å²) in [6.07, 6.45) is -2.47. The predicted octanol–water partition coefficient (Wildman–Crippen LogP) is -0.105. The molecule has 12 nitrogen and oxygen atoms in total. The van der Waals surface area contributed by atoms with Gasteiger partial charge in [-0.25, -0.2) is 0 Å². The Morgan fingerprint density at radius 2 is 1.56 bits per heavy atom. The van der Waals surface area contributed by atoms with E-state index in [1.165, 1.54) is 24.5 Å². The zero-order valence-corrected chi connectivity index (χ0v) is 17.9. The topological polar surface area (TPSA) is 156 Å². The third kappa shape index (κ3) is 7.01. The van der Waals surface area contributed by atoms with Gasteiger partial charge in [0.25, 0.3) is 5.91 Å². The first-order valence-electron chi connectivity index (χ1n) is 9.59. The SMILES string of the molecule is CC(=O)OC[C@H]1O[C@H](OC(C)=O)[C@@H](NC(=O)c2cccnc2)[C@@H](OC(C)=O)[C@@H]1OC(C)=O. The maximum absolute atomic E-state index is 12.7. The van der Waals surface area contributed by atoms with Gasteiger partial charge in [-0.3, -0.25) is 29.0 Å². The lowest BCUT2D eigenvalue weighted by Gasteiger charge is -2.44. The molecule has 0 aromatic carbocycles. The average molecular weight is 452 g/mol. The molecule has 32 heavy (non-hydrogen) atoms. The molecule has 2 rings (SSSR count). The Balaban J connectivity index is 2.44. The van der Waals surface area contributed by atoms with Crippen molar-refractivity contribution < 1.29 is 47.7 Å². The highest BCUT2D eigenvalue weighted by Gasteiger charge is 2.52. The van der Waals surface area contributed by atoms with Crippen LogP contribution in [0.25, 0.3) is 0 Å². The van der Waals surface area contributed by atoms with E-state index in [0.29, 0.717) is 0 Å². The molecule has 0 spiro atoms. The van der Waals surface area contributed by atoms with Crippen LogP contribution >= 0.6 is 0 Å². The molecule has 1 fully saturated rings. The Bertz CT molecular complexity index is 859. The number of nitrogens with zero attached hydrogens (tertiary/aromatic N) is 1. The Labute approximate surface area is 183 Å². The van der Waals surface area contributed by atoms with Crippen LogP contribution in [0.15, 0.2) is 24.5 Å². The summed E-state index contributed by atoms with van der Waals surface area (Å²) in [6, 6.07) is 1.75. The van der Waals surface area contributed by atoms with Crippen molar-refractivity contribution in [1.82, 2.24) is 10.3 Å². The van der Waals surface area contributed by atoms with Crippen molar-refractivity contribution in [3.05, 3.63) is 30.1 Å². The van der Waals surface area contributed by atoms with Gasteiger partial charge in [-0.2, -0.15) is 0 Å². The fourth-order valence-corrected chi connectivity index (χ4v) is 3.05. The minimum Gasteiger partial charge on any atom is -0.463 e. The maximum atomic E-state index is 12.7. The molecule has 1 aromatic rings. The number of carbonyl (C=O) groups is 5. The minimum atomic E-state index is -1.45. The van der Waals surface area contributed by atoms with Gasteiger partial charge in [-0.1, -0.05) is 0 Å². The molecular weight excluding hydrogens is 428 g/mol. The quantitative estimate of drug-likeness (QED) is 0.435. The summed E-state index contributed by atoms with van der Waals surface area (Å²) in [5, 5.41) is 2.58. The van der Waals surface area contributed by atoms with Crippen LogP contribution in [0, 0.1) is 0 Å². The van der Waals surface area contributed by atoms with E-state index in [1.807, 2.05) is 0 Å². The summed E-state index contributed by atoms with van der Waals surface area (Å²) in [5.74, 6) is -3.54. The van der Waals surface area contributed by atoms with Crippen LogP contribution in [0.1, 0.15) is 38.1 Å². The molecule has 0 unspecified atom stereocenters. The molecule has 1 saturated heterocycles. The van der Waals surface area contributed by atoms with Crippen LogP contribution in [0.2, 0.25) is 0 Å². The minimum absolute atomic E-state index is 0.168. The third-order valence-electron chi connectivity index (χ3n) is 4.20. The monoisotopic (exact) mass is 452 g/mol. The van der Waals surface area contributed by atoms with Crippen LogP contribution in [0.3, 0.4) is 0 Å². The molecular formula is C20H24N2O10. The van der Waals surface area contributed by atoms with Gasteiger partial charge in [0, 0.05) is 40.1 Å². The van der Waals surface area contributed by atoms with Crippen molar-refractivity contribution in [1.29, 1.82) is 0 Å². The standard InChI is InChI=1S/C20H24N2O10/c1-10(23)28-9-15-17(29-11(2)24)18(30-12(3)25)16(20(32-15)31-13(4)26)22-19(27)14-6-5-7-21-8-14/h5-8,15-18,20H,9H2,1-4H3,(H,22,27)/t15-,16+,17-,18-,20+/m1/s1. The first-order chi connectivity index (χ1) is 15.1. The number of amides is 1. The largest absolute Gasteiger partial charge is 0.463 e. The number of pyridine rings is 1. The van der Waals surface area contributed by atoms with Crippen LogP contribution in [-0.4, -0.2) is 72.0 Å². The molecule has 0 radical (unpaired) electrons. The number of carbonyl (C=O) groups excluding carboxylic acids is 5. The van der Waals surface area contributed by atoms with Gasteiger partial charge in [0.15, 0.2) is 12.2 Å². The molecule has 1 aromatic heterocycles. The second-order valence-electron chi connectivity index (χ2n) is 6.84. The third-order valence-corrected chi connectivity index (χ3v) is 4.20. The second-order valence-corrected chi connectivity index (χ2v) is 6.84. The second kappa shape index (κ2) is 11.2. The van der Waals surface area contributed by atoms with Crippen LogP contribution in [-0.2, 0) is 42.9 Å². The highest BCUT2D eigenvalue weighted by Crippen LogP contribution is 2.28. The van der Waals surface area contributed by atoms with Crippen molar-refractivity contribution >= 4 is 29.8 Å². The number of hydrogen-bond donors (Lipinski definition) is 1. The highest BCUT2D eigenvalue weighted by atomic mass is 16.7. The lowest BCUT2D eigenvalue weighted by atomic mass is 9.95. The van der Waals surface area contributed by atoms with E-state index in [-0.39, 0.29) is 5.56 Å². The van der Waals surface area contributed by atoms with E-state index >= 15 is 0 Å². The number of rotatable bonds is 7. The molecule has 2 heterocycles. The van der Waals surface area contributed by atoms with Crippen LogP contribution in [0.4, 0.5) is 0 Å². The smallest absolute Gasteiger partial charge is 0.305 e. The number of esters is 4. The summed E-state index contributed by atoms with van der Waals surface area (Å²) in [4.78, 5) is 63.1. The first-order valence-corrected chi connectivity index (χ1v) is 9.59. The van der Waals surface area contributed by atoms with E-state index in [2.05, 4.69) is 10.3 Å². The summed E-state index contributed by atoms with van der Waals surface area (Å²) < 4.78 is 26.5. The highest BCUT2D eigenvalue weighted by molar-refractivity contribution is 5.94. The zero-order chi connectivity index (χ0) is 23.8. The van der Waals surface area contributed by atoms with Gasteiger partial charge in [0.1, 0.15) is 18.8 Å².